The first-order chi connectivity index (χ1) is 11.0. The Kier molecular flexibility index (Phi) is 4.47. The molecule has 1 aromatic carbocycles. The van der Waals surface area contributed by atoms with Crippen molar-refractivity contribution in [3.63, 3.8) is 0 Å². The number of nitrogens with one attached hydrogen (secondary N) is 1. The van der Waals surface area contributed by atoms with Crippen LogP contribution in [0.5, 0.6) is 0 Å². The number of hydrogen-bond acceptors (Lipinski definition) is 4. The second kappa shape index (κ2) is 6.54. The van der Waals surface area contributed by atoms with Crippen LogP contribution in [-0.2, 0) is 12.6 Å². The van der Waals surface area contributed by atoms with E-state index in [0.29, 0.717) is 18.9 Å². The Morgan fingerprint density at radius 1 is 1.04 bits per heavy atom. The lowest BCUT2D eigenvalue weighted by atomic mass is 10.0. The molecule has 0 atom stereocenters. The van der Waals surface area contributed by atoms with Crippen LogP contribution in [0.3, 0.4) is 0 Å². The molecule has 122 valence electrons. The molecule has 1 aromatic heterocycles. The minimum absolute atomic E-state index is 0.159. The summed E-state index contributed by atoms with van der Waals surface area (Å²) in [6, 6.07) is 10.6. The number of piperazine rings is 1. The van der Waals surface area contributed by atoms with Crippen molar-refractivity contribution >= 4 is 5.82 Å². The molecule has 0 spiro atoms. The van der Waals surface area contributed by atoms with E-state index in [-0.39, 0.29) is 12.0 Å². The molecule has 0 bridgehead atoms. The van der Waals surface area contributed by atoms with E-state index in [9.17, 15) is 13.2 Å². The summed E-state index contributed by atoms with van der Waals surface area (Å²) in [5.74, 6) is 0.505. The van der Waals surface area contributed by atoms with Crippen molar-refractivity contribution in [1.82, 2.24) is 15.5 Å². The van der Waals surface area contributed by atoms with E-state index in [1.165, 1.54) is 6.07 Å². The molecule has 23 heavy (non-hydrogen) atoms. The highest BCUT2D eigenvalue weighted by Gasteiger charge is 2.36. The average molecular weight is 322 g/mol. The number of halogens is 3. The normalized spacial score (nSPS) is 15.7. The predicted octanol–water partition coefficient (Wildman–Crippen LogP) is 2.50. The number of benzene rings is 1. The summed E-state index contributed by atoms with van der Waals surface area (Å²) >= 11 is 0. The summed E-state index contributed by atoms with van der Waals surface area (Å²) in [4.78, 5) is 1.96. The number of alkyl halides is 3. The molecule has 2 aromatic rings. The van der Waals surface area contributed by atoms with Crippen LogP contribution in [-0.4, -0.2) is 36.4 Å². The first-order valence-corrected chi connectivity index (χ1v) is 7.47. The smallest absolute Gasteiger partial charge is 0.353 e. The highest BCUT2D eigenvalue weighted by Crippen LogP contribution is 2.32. The van der Waals surface area contributed by atoms with Gasteiger partial charge in [-0.2, -0.15) is 13.2 Å². The molecule has 4 nitrogen and oxygen atoms in total. The number of rotatable bonds is 3. The summed E-state index contributed by atoms with van der Waals surface area (Å²) in [5.41, 5.74) is 0.0738. The third-order valence-corrected chi connectivity index (χ3v) is 3.81. The molecule has 1 saturated heterocycles. The fourth-order valence-corrected chi connectivity index (χ4v) is 2.66. The van der Waals surface area contributed by atoms with Crippen LogP contribution in [0, 0.1) is 0 Å². The fraction of sp³-hybridized carbons (Fsp3) is 0.375. The van der Waals surface area contributed by atoms with Gasteiger partial charge in [-0.3, -0.25) is 0 Å². The van der Waals surface area contributed by atoms with Crippen LogP contribution >= 0.6 is 0 Å². The summed E-state index contributed by atoms with van der Waals surface area (Å²) in [6.07, 6.45) is -4.32. The molecule has 1 aliphatic heterocycles. The third-order valence-electron chi connectivity index (χ3n) is 3.81. The summed E-state index contributed by atoms with van der Waals surface area (Å²) < 4.78 is 39.6. The van der Waals surface area contributed by atoms with Crippen LogP contribution in [0.15, 0.2) is 36.4 Å². The molecule has 7 heteroatoms. The Labute approximate surface area is 132 Å². The van der Waals surface area contributed by atoms with Crippen LogP contribution < -0.4 is 10.2 Å². The Morgan fingerprint density at radius 2 is 1.74 bits per heavy atom. The molecule has 1 N–H and O–H groups in total. The van der Waals surface area contributed by atoms with E-state index in [1.807, 2.05) is 35.2 Å². The SMILES string of the molecule is FC(F)(F)c1nnc(N2CCNCC2)cc1Cc1ccccc1. The lowest BCUT2D eigenvalue weighted by Crippen LogP contribution is -2.44. The summed E-state index contributed by atoms with van der Waals surface area (Å²) in [5, 5.41) is 10.5. The minimum Gasteiger partial charge on any atom is -0.353 e. The number of anilines is 1. The fourth-order valence-electron chi connectivity index (χ4n) is 2.66. The predicted molar refractivity (Wildman–Crippen MR) is 81.4 cm³/mol. The van der Waals surface area contributed by atoms with Gasteiger partial charge in [0.05, 0.1) is 0 Å². The zero-order chi connectivity index (χ0) is 16.3. The molecule has 0 radical (unpaired) electrons. The van der Waals surface area contributed by atoms with E-state index in [2.05, 4.69) is 15.5 Å². The van der Waals surface area contributed by atoms with Crippen molar-refractivity contribution in [2.45, 2.75) is 12.6 Å². The maximum atomic E-state index is 13.2. The van der Waals surface area contributed by atoms with E-state index in [1.54, 1.807) is 0 Å². The van der Waals surface area contributed by atoms with Crippen molar-refractivity contribution < 1.29 is 13.2 Å². The topological polar surface area (TPSA) is 41.1 Å². The van der Waals surface area contributed by atoms with Gasteiger partial charge < -0.3 is 10.2 Å². The van der Waals surface area contributed by atoms with Gasteiger partial charge in [0.1, 0.15) is 0 Å². The molecule has 0 saturated carbocycles. The van der Waals surface area contributed by atoms with E-state index >= 15 is 0 Å². The Hall–Kier alpha value is -2.15. The van der Waals surface area contributed by atoms with E-state index in [0.717, 1.165) is 18.7 Å². The highest BCUT2D eigenvalue weighted by molar-refractivity contribution is 5.44. The average Bonchev–Trinajstić information content (AvgIpc) is 2.55. The van der Waals surface area contributed by atoms with Crippen molar-refractivity contribution in [3.05, 3.63) is 53.2 Å². The number of aromatic nitrogens is 2. The van der Waals surface area contributed by atoms with Crippen LogP contribution in [0.4, 0.5) is 19.0 Å². The third kappa shape index (κ3) is 3.79. The van der Waals surface area contributed by atoms with Gasteiger partial charge in [-0.05, 0) is 23.6 Å². The van der Waals surface area contributed by atoms with E-state index in [4.69, 9.17) is 0 Å². The van der Waals surface area contributed by atoms with Crippen LogP contribution in [0.1, 0.15) is 16.8 Å². The second-order valence-corrected chi connectivity index (χ2v) is 5.47. The van der Waals surface area contributed by atoms with Crippen molar-refractivity contribution in [3.8, 4) is 0 Å². The standard InChI is InChI=1S/C16H17F3N4/c17-16(18,19)15-13(10-12-4-2-1-3-5-12)11-14(21-22-15)23-8-6-20-7-9-23/h1-5,11,20H,6-10H2. The van der Waals surface area contributed by atoms with E-state index < -0.39 is 11.9 Å². The van der Waals surface area contributed by atoms with Crippen LogP contribution in [0.25, 0.3) is 0 Å². The minimum atomic E-state index is -4.50. The van der Waals surface area contributed by atoms with Gasteiger partial charge >= 0.3 is 6.18 Å². The van der Waals surface area contributed by atoms with Gasteiger partial charge in [0.25, 0.3) is 0 Å². The Balaban J connectivity index is 1.95. The van der Waals surface area contributed by atoms with Gasteiger partial charge in [0.2, 0.25) is 0 Å². The molecule has 1 fully saturated rings. The summed E-state index contributed by atoms with van der Waals surface area (Å²) in [7, 11) is 0. The first kappa shape index (κ1) is 15.7. The lowest BCUT2D eigenvalue weighted by molar-refractivity contribution is -0.142. The maximum Gasteiger partial charge on any atom is 0.435 e. The number of hydrogen-bond donors (Lipinski definition) is 1. The molecule has 2 heterocycles. The Morgan fingerprint density at radius 3 is 2.39 bits per heavy atom. The van der Waals surface area contributed by atoms with Gasteiger partial charge in [0, 0.05) is 26.2 Å². The zero-order valence-electron chi connectivity index (χ0n) is 12.5. The molecular formula is C16H17F3N4. The summed E-state index contributed by atoms with van der Waals surface area (Å²) in [6.45, 7) is 3.00. The maximum absolute atomic E-state index is 13.2. The van der Waals surface area contributed by atoms with Gasteiger partial charge in [-0.15, -0.1) is 10.2 Å². The van der Waals surface area contributed by atoms with Gasteiger partial charge in [-0.1, -0.05) is 30.3 Å². The van der Waals surface area contributed by atoms with Crippen LogP contribution in [0.2, 0.25) is 0 Å². The van der Waals surface area contributed by atoms with Gasteiger partial charge in [0.15, 0.2) is 11.5 Å². The van der Waals surface area contributed by atoms with Crippen molar-refractivity contribution in [2.75, 3.05) is 31.1 Å². The van der Waals surface area contributed by atoms with Crippen molar-refractivity contribution in [2.24, 2.45) is 0 Å². The highest BCUT2D eigenvalue weighted by atomic mass is 19.4. The zero-order valence-corrected chi connectivity index (χ0v) is 12.5. The molecule has 0 aliphatic carbocycles. The molecule has 3 rings (SSSR count). The molecule has 0 amide bonds. The van der Waals surface area contributed by atoms with Crippen molar-refractivity contribution in [1.29, 1.82) is 0 Å². The molecule has 0 unspecified atom stereocenters. The lowest BCUT2D eigenvalue weighted by Gasteiger charge is -2.28. The Bertz CT molecular complexity index is 652. The largest absolute Gasteiger partial charge is 0.435 e. The molecular weight excluding hydrogens is 305 g/mol. The second-order valence-electron chi connectivity index (χ2n) is 5.47. The number of nitrogens with zero attached hydrogens (tertiary/aromatic N) is 3. The first-order valence-electron chi connectivity index (χ1n) is 7.47. The quantitative estimate of drug-likeness (QED) is 0.943. The molecule has 1 aliphatic rings. The monoisotopic (exact) mass is 322 g/mol. The van der Waals surface area contributed by atoms with Gasteiger partial charge in [-0.25, -0.2) is 0 Å².